The molecular weight excluding hydrogens is 437 g/mol. The van der Waals surface area contributed by atoms with Crippen molar-refractivity contribution in [1.29, 1.82) is 0 Å². The summed E-state index contributed by atoms with van der Waals surface area (Å²) in [6, 6.07) is 13.0. The number of nitrogens with zero attached hydrogens (tertiary/aromatic N) is 2. The van der Waals surface area contributed by atoms with Crippen LogP contribution in [0.4, 0.5) is 5.13 Å². The molecule has 28 heavy (non-hydrogen) atoms. The summed E-state index contributed by atoms with van der Waals surface area (Å²) in [4.78, 5) is 12.0. The monoisotopic (exact) mass is 453 g/mol. The second-order valence-electron chi connectivity index (χ2n) is 5.88. The Morgan fingerprint density at radius 3 is 2.82 bits per heavy atom. The number of benzene rings is 2. The topological polar surface area (TPSA) is 64.1 Å². The van der Waals surface area contributed by atoms with E-state index in [1.807, 2.05) is 43.3 Å². The molecule has 3 rings (SSSR count). The van der Waals surface area contributed by atoms with E-state index in [0.717, 1.165) is 21.9 Å². The van der Waals surface area contributed by atoms with Gasteiger partial charge in [0.25, 0.3) is 5.91 Å². The average molecular weight is 454 g/mol. The minimum absolute atomic E-state index is 0.0812. The van der Waals surface area contributed by atoms with Gasteiger partial charge in [-0.05, 0) is 42.3 Å². The highest BCUT2D eigenvalue weighted by atomic mass is 35.5. The molecule has 1 amide bonds. The molecule has 0 saturated heterocycles. The highest BCUT2D eigenvalue weighted by Crippen LogP contribution is 2.27. The second-order valence-corrected chi connectivity index (χ2v) is 8.77. The van der Waals surface area contributed by atoms with Crippen LogP contribution in [0.5, 0.6) is 5.75 Å². The minimum atomic E-state index is -0.273. The molecule has 0 saturated carbocycles. The zero-order valence-corrected chi connectivity index (χ0v) is 18.1. The number of rotatable bonds is 8. The first-order valence-corrected chi connectivity index (χ1v) is 11.1. The van der Waals surface area contributed by atoms with E-state index in [9.17, 15) is 4.79 Å². The van der Waals surface area contributed by atoms with Crippen LogP contribution in [0.25, 0.3) is 0 Å². The molecule has 2 aromatic carbocycles. The van der Waals surface area contributed by atoms with Gasteiger partial charge in [0.2, 0.25) is 5.13 Å². The maximum absolute atomic E-state index is 12.0. The molecule has 0 aliphatic rings. The largest absolute Gasteiger partial charge is 0.484 e. The summed E-state index contributed by atoms with van der Waals surface area (Å²) in [6.45, 7) is 1.89. The van der Waals surface area contributed by atoms with E-state index in [0.29, 0.717) is 26.7 Å². The van der Waals surface area contributed by atoms with Gasteiger partial charge in [0.1, 0.15) is 10.8 Å². The summed E-state index contributed by atoms with van der Waals surface area (Å²) < 4.78 is 5.48. The summed E-state index contributed by atoms with van der Waals surface area (Å²) in [7, 11) is 0. The first-order valence-electron chi connectivity index (χ1n) is 8.33. The third-order valence-corrected chi connectivity index (χ3v) is 6.17. The average Bonchev–Trinajstić information content (AvgIpc) is 3.09. The SMILES string of the molecule is Cc1cccc(OCC(=O)Nc2nnc(CSCc3ccc(Cl)cc3Cl)s2)c1. The standard InChI is InChI=1S/C19H17Cl2N3O2S2/c1-12-3-2-4-15(7-12)26-9-17(25)22-19-24-23-18(28-19)11-27-10-13-5-6-14(20)8-16(13)21/h2-8H,9-11H2,1H3,(H,22,24,25). The first-order chi connectivity index (χ1) is 13.5. The van der Waals surface area contributed by atoms with Gasteiger partial charge in [-0.25, -0.2) is 0 Å². The number of carbonyl (C=O) groups excluding carboxylic acids is 1. The molecule has 5 nitrogen and oxygen atoms in total. The fourth-order valence-electron chi connectivity index (χ4n) is 2.26. The van der Waals surface area contributed by atoms with Gasteiger partial charge >= 0.3 is 0 Å². The number of aromatic nitrogens is 2. The maximum atomic E-state index is 12.0. The molecule has 0 fully saturated rings. The second kappa shape index (κ2) is 10.1. The van der Waals surface area contributed by atoms with Gasteiger partial charge in [-0.1, -0.05) is 52.7 Å². The Morgan fingerprint density at radius 1 is 1.18 bits per heavy atom. The van der Waals surface area contributed by atoms with E-state index in [-0.39, 0.29) is 12.5 Å². The van der Waals surface area contributed by atoms with Gasteiger partial charge in [0.15, 0.2) is 6.61 Å². The Morgan fingerprint density at radius 2 is 2.04 bits per heavy atom. The van der Waals surface area contributed by atoms with Crippen LogP contribution in [0.3, 0.4) is 0 Å². The van der Waals surface area contributed by atoms with Crippen LogP contribution in [0, 0.1) is 6.92 Å². The van der Waals surface area contributed by atoms with Gasteiger partial charge in [0.05, 0.1) is 0 Å². The Hall–Kier alpha value is -1.80. The minimum Gasteiger partial charge on any atom is -0.484 e. The van der Waals surface area contributed by atoms with Gasteiger partial charge in [-0.3, -0.25) is 10.1 Å². The molecule has 1 N–H and O–H groups in total. The van der Waals surface area contributed by atoms with Crippen molar-refractivity contribution < 1.29 is 9.53 Å². The zero-order valence-electron chi connectivity index (χ0n) is 14.9. The fraction of sp³-hybridized carbons (Fsp3) is 0.211. The van der Waals surface area contributed by atoms with Crippen molar-refractivity contribution in [1.82, 2.24) is 10.2 Å². The molecule has 0 aliphatic carbocycles. The van der Waals surface area contributed by atoms with Crippen molar-refractivity contribution in [2.75, 3.05) is 11.9 Å². The predicted molar refractivity (Wildman–Crippen MR) is 117 cm³/mol. The van der Waals surface area contributed by atoms with Crippen LogP contribution in [-0.4, -0.2) is 22.7 Å². The van der Waals surface area contributed by atoms with Crippen molar-refractivity contribution >= 4 is 57.3 Å². The number of amides is 1. The molecule has 9 heteroatoms. The molecule has 0 spiro atoms. The highest BCUT2D eigenvalue weighted by molar-refractivity contribution is 7.97. The third kappa shape index (κ3) is 6.38. The predicted octanol–water partition coefficient (Wildman–Crippen LogP) is 5.60. The summed E-state index contributed by atoms with van der Waals surface area (Å²) >= 11 is 15.1. The Kier molecular flexibility index (Phi) is 7.56. The number of aryl methyl sites for hydroxylation is 1. The van der Waals surface area contributed by atoms with Crippen molar-refractivity contribution in [3.63, 3.8) is 0 Å². The van der Waals surface area contributed by atoms with Crippen LogP contribution >= 0.6 is 46.3 Å². The van der Waals surface area contributed by atoms with E-state index < -0.39 is 0 Å². The normalized spacial score (nSPS) is 10.7. The van der Waals surface area contributed by atoms with E-state index in [4.69, 9.17) is 27.9 Å². The lowest BCUT2D eigenvalue weighted by atomic mass is 10.2. The number of carbonyl (C=O) groups is 1. The van der Waals surface area contributed by atoms with Gasteiger partial charge in [0, 0.05) is 21.6 Å². The summed E-state index contributed by atoms with van der Waals surface area (Å²) in [5.41, 5.74) is 2.09. The maximum Gasteiger partial charge on any atom is 0.264 e. The van der Waals surface area contributed by atoms with Crippen LogP contribution in [0.1, 0.15) is 16.1 Å². The zero-order chi connectivity index (χ0) is 19.9. The molecule has 0 bridgehead atoms. The van der Waals surface area contributed by atoms with E-state index in [2.05, 4.69) is 15.5 Å². The number of hydrogen-bond acceptors (Lipinski definition) is 6. The number of thioether (sulfide) groups is 1. The summed E-state index contributed by atoms with van der Waals surface area (Å²) in [5.74, 6) is 1.80. The van der Waals surface area contributed by atoms with Crippen molar-refractivity contribution in [3.8, 4) is 5.75 Å². The van der Waals surface area contributed by atoms with Crippen molar-refractivity contribution in [2.24, 2.45) is 0 Å². The molecule has 0 unspecified atom stereocenters. The number of ether oxygens (including phenoxy) is 1. The van der Waals surface area contributed by atoms with E-state index in [1.54, 1.807) is 17.8 Å². The summed E-state index contributed by atoms with van der Waals surface area (Å²) in [6.07, 6.45) is 0. The molecule has 1 aromatic heterocycles. The lowest BCUT2D eigenvalue weighted by Crippen LogP contribution is -2.20. The van der Waals surface area contributed by atoms with Gasteiger partial charge in [-0.15, -0.1) is 22.0 Å². The molecule has 0 aliphatic heterocycles. The van der Waals surface area contributed by atoms with Crippen LogP contribution in [-0.2, 0) is 16.3 Å². The number of anilines is 1. The smallest absolute Gasteiger partial charge is 0.264 e. The summed E-state index contributed by atoms with van der Waals surface area (Å²) in [5, 5.41) is 13.4. The van der Waals surface area contributed by atoms with Crippen LogP contribution < -0.4 is 10.1 Å². The van der Waals surface area contributed by atoms with Crippen LogP contribution in [0.15, 0.2) is 42.5 Å². The number of nitrogens with one attached hydrogen (secondary N) is 1. The lowest BCUT2D eigenvalue weighted by Gasteiger charge is -2.06. The first kappa shape index (κ1) is 20.9. The number of hydrogen-bond donors (Lipinski definition) is 1. The molecule has 146 valence electrons. The van der Waals surface area contributed by atoms with Gasteiger partial charge < -0.3 is 4.74 Å². The van der Waals surface area contributed by atoms with Crippen molar-refractivity contribution in [2.45, 2.75) is 18.4 Å². The molecule has 3 aromatic rings. The van der Waals surface area contributed by atoms with Gasteiger partial charge in [-0.2, -0.15) is 0 Å². The lowest BCUT2D eigenvalue weighted by molar-refractivity contribution is -0.118. The Bertz CT molecular complexity index is 966. The third-order valence-electron chi connectivity index (χ3n) is 3.57. The van der Waals surface area contributed by atoms with Crippen molar-refractivity contribution in [3.05, 3.63) is 68.6 Å². The Labute approximate surface area is 181 Å². The molecule has 0 atom stereocenters. The van der Waals surface area contributed by atoms with Crippen LogP contribution in [0.2, 0.25) is 10.0 Å². The highest BCUT2D eigenvalue weighted by Gasteiger charge is 2.10. The Balaban J connectivity index is 1.43. The fourth-order valence-corrected chi connectivity index (χ4v) is 4.66. The molecular formula is C19H17Cl2N3O2S2. The number of halogens is 2. The van der Waals surface area contributed by atoms with E-state index >= 15 is 0 Å². The molecule has 1 heterocycles. The van der Waals surface area contributed by atoms with E-state index in [1.165, 1.54) is 11.3 Å². The quantitative estimate of drug-likeness (QED) is 0.480. The molecule has 0 radical (unpaired) electrons.